The summed E-state index contributed by atoms with van der Waals surface area (Å²) in [6.45, 7) is 2.90. The van der Waals surface area contributed by atoms with Gasteiger partial charge in [0.2, 0.25) is 5.95 Å². The van der Waals surface area contributed by atoms with E-state index in [0.717, 1.165) is 5.56 Å². The molecular weight excluding hydrogens is 619 g/mol. The van der Waals surface area contributed by atoms with Gasteiger partial charge < -0.3 is 20.7 Å². The molecule has 0 aliphatic carbocycles. The number of rotatable bonds is 11. The molecule has 1 amide bonds. The molecule has 4 rings (SSSR count). The molecule has 44 heavy (non-hydrogen) atoms. The minimum Gasteiger partial charge on any atom is -0.495 e. The highest BCUT2D eigenvalue weighted by molar-refractivity contribution is 7.92. The number of methoxy groups -OCH3 is 1. The fourth-order valence-electron chi connectivity index (χ4n) is 4.23. The van der Waals surface area contributed by atoms with Gasteiger partial charge in [0.1, 0.15) is 10.8 Å². The van der Waals surface area contributed by atoms with Crippen LogP contribution in [0.3, 0.4) is 0 Å². The highest BCUT2D eigenvalue weighted by atomic mass is 35.5. The molecule has 0 radical (unpaired) electrons. The lowest BCUT2D eigenvalue weighted by Crippen LogP contribution is -2.37. The van der Waals surface area contributed by atoms with Crippen molar-refractivity contribution in [3.05, 3.63) is 83.5 Å². The van der Waals surface area contributed by atoms with E-state index in [1.165, 1.54) is 19.4 Å². The van der Waals surface area contributed by atoms with Crippen molar-refractivity contribution >= 4 is 50.5 Å². The maximum Gasteiger partial charge on any atom is 0.471 e. The summed E-state index contributed by atoms with van der Waals surface area (Å²) in [5.74, 6) is -1.44. The Kier molecular flexibility index (Phi) is 10.00. The van der Waals surface area contributed by atoms with Crippen molar-refractivity contribution in [3.8, 4) is 16.9 Å². The van der Waals surface area contributed by atoms with Crippen molar-refractivity contribution in [2.75, 3.05) is 24.3 Å². The van der Waals surface area contributed by atoms with E-state index in [1.54, 1.807) is 44.2 Å². The van der Waals surface area contributed by atoms with Gasteiger partial charge in [0.05, 0.1) is 34.8 Å². The predicted molar refractivity (Wildman–Crippen MR) is 164 cm³/mol. The SMILES string of the molecule is COc1cc(-c2ccccc2)c(CCNC(=O)C(F)(F)F)cc1Nc1ncc(Cl)c(Nc2ccccc2S(=O)(=O)C(C)C)n1. The number of hydrogen-bond acceptors (Lipinski definition) is 8. The summed E-state index contributed by atoms with van der Waals surface area (Å²) >= 11 is 6.36. The second-order valence-corrected chi connectivity index (χ2v) is 12.7. The first-order valence-electron chi connectivity index (χ1n) is 13.3. The molecule has 0 aliphatic heterocycles. The lowest BCUT2D eigenvalue weighted by Gasteiger charge is -2.18. The lowest BCUT2D eigenvalue weighted by molar-refractivity contribution is -0.173. The molecule has 0 bridgehead atoms. The minimum absolute atomic E-state index is 0.0696. The van der Waals surface area contributed by atoms with Crippen molar-refractivity contribution in [2.24, 2.45) is 0 Å². The van der Waals surface area contributed by atoms with E-state index in [-0.39, 0.29) is 40.3 Å². The van der Waals surface area contributed by atoms with Gasteiger partial charge >= 0.3 is 12.1 Å². The second-order valence-electron chi connectivity index (χ2n) is 9.81. The largest absolute Gasteiger partial charge is 0.495 e. The third-order valence-electron chi connectivity index (χ3n) is 6.51. The van der Waals surface area contributed by atoms with Gasteiger partial charge in [-0.05, 0) is 61.2 Å². The van der Waals surface area contributed by atoms with Crippen LogP contribution in [-0.4, -0.2) is 49.4 Å². The number of benzene rings is 3. The molecule has 4 aromatic rings. The smallest absolute Gasteiger partial charge is 0.471 e. The molecule has 232 valence electrons. The Balaban J connectivity index is 1.68. The van der Waals surface area contributed by atoms with Gasteiger partial charge in [-0.1, -0.05) is 54.1 Å². The fourth-order valence-corrected chi connectivity index (χ4v) is 5.57. The highest BCUT2D eigenvalue weighted by Crippen LogP contribution is 2.37. The van der Waals surface area contributed by atoms with Crippen LogP contribution in [0.25, 0.3) is 11.1 Å². The number of nitrogens with zero attached hydrogens (tertiary/aromatic N) is 2. The first-order valence-corrected chi connectivity index (χ1v) is 15.2. The summed E-state index contributed by atoms with van der Waals surface area (Å²) in [6.07, 6.45) is -3.59. The molecule has 0 saturated heterocycles. The number of alkyl halides is 3. The van der Waals surface area contributed by atoms with Gasteiger partial charge in [-0.2, -0.15) is 18.2 Å². The summed E-state index contributed by atoms with van der Waals surface area (Å²) in [4.78, 5) is 20.1. The Morgan fingerprint density at radius 2 is 1.68 bits per heavy atom. The van der Waals surface area contributed by atoms with Crippen LogP contribution in [0.4, 0.5) is 36.3 Å². The maximum absolute atomic E-state index is 12.9. The summed E-state index contributed by atoms with van der Waals surface area (Å²) in [6, 6.07) is 18.9. The molecule has 3 aromatic carbocycles. The minimum atomic E-state index is -4.99. The number of halogens is 4. The van der Waals surface area contributed by atoms with Gasteiger partial charge in [0.15, 0.2) is 15.7 Å². The van der Waals surface area contributed by atoms with E-state index in [9.17, 15) is 26.4 Å². The predicted octanol–water partition coefficient (Wildman–Crippen LogP) is 6.70. The van der Waals surface area contributed by atoms with Crippen molar-refractivity contribution in [1.29, 1.82) is 0 Å². The average molecular weight is 648 g/mol. The van der Waals surface area contributed by atoms with Crippen molar-refractivity contribution in [2.45, 2.75) is 36.6 Å². The van der Waals surface area contributed by atoms with Gasteiger partial charge in [0, 0.05) is 6.54 Å². The van der Waals surface area contributed by atoms with Crippen molar-refractivity contribution in [1.82, 2.24) is 15.3 Å². The molecule has 0 aliphatic rings. The van der Waals surface area contributed by atoms with E-state index in [0.29, 0.717) is 22.6 Å². The monoisotopic (exact) mass is 647 g/mol. The van der Waals surface area contributed by atoms with Gasteiger partial charge in [-0.25, -0.2) is 13.4 Å². The number of carbonyl (C=O) groups is 1. The molecule has 1 heterocycles. The van der Waals surface area contributed by atoms with E-state index in [2.05, 4.69) is 20.6 Å². The van der Waals surface area contributed by atoms with Crippen LogP contribution >= 0.6 is 11.6 Å². The standard InChI is InChI=1S/C30H29ClF3N5O4S/c1-18(2)44(41,42)26-12-8-7-11-23(26)37-27-22(31)17-36-29(39-27)38-24-15-20(13-14-35-28(40)30(32,33)34)21(16-25(24)43-3)19-9-5-4-6-10-19/h4-12,15-18H,13-14H2,1-3H3,(H,35,40)(H2,36,37,38,39). The maximum atomic E-state index is 12.9. The van der Waals surface area contributed by atoms with Gasteiger partial charge in [-0.15, -0.1) is 0 Å². The molecule has 0 saturated carbocycles. The summed E-state index contributed by atoms with van der Waals surface area (Å²) < 4.78 is 69.7. The van der Waals surface area contributed by atoms with Gasteiger partial charge in [-0.3, -0.25) is 4.79 Å². The van der Waals surface area contributed by atoms with Crippen molar-refractivity contribution in [3.63, 3.8) is 0 Å². The number of hydrogen-bond donors (Lipinski definition) is 3. The Hall–Kier alpha value is -4.36. The number of para-hydroxylation sites is 1. The molecule has 0 fully saturated rings. The first kappa shape index (κ1) is 32.6. The van der Waals surface area contributed by atoms with Gasteiger partial charge in [0.25, 0.3) is 0 Å². The number of amides is 1. The number of nitrogens with one attached hydrogen (secondary N) is 3. The van der Waals surface area contributed by atoms with Crippen LogP contribution in [0.1, 0.15) is 19.4 Å². The third kappa shape index (κ3) is 7.58. The number of aromatic nitrogens is 2. The normalized spacial score (nSPS) is 11.7. The third-order valence-corrected chi connectivity index (χ3v) is 8.99. The number of sulfone groups is 1. The average Bonchev–Trinajstić information content (AvgIpc) is 2.99. The summed E-state index contributed by atoms with van der Waals surface area (Å²) in [7, 11) is -2.17. The first-order chi connectivity index (χ1) is 20.8. The Labute approximate surface area is 257 Å². The quantitative estimate of drug-likeness (QED) is 0.165. The molecule has 3 N–H and O–H groups in total. The van der Waals surface area contributed by atoms with Crippen LogP contribution in [0.2, 0.25) is 5.02 Å². The molecule has 0 atom stereocenters. The van der Waals surface area contributed by atoms with E-state index < -0.39 is 27.2 Å². The van der Waals surface area contributed by atoms with E-state index >= 15 is 0 Å². The molecule has 0 unspecified atom stereocenters. The Bertz CT molecular complexity index is 1750. The second kappa shape index (κ2) is 13.5. The van der Waals surface area contributed by atoms with Crippen LogP contribution < -0.4 is 20.7 Å². The molecule has 1 aromatic heterocycles. The number of anilines is 4. The van der Waals surface area contributed by atoms with Crippen LogP contribution in [0.5, 0.6) is 5.75 Å². The summed E-state index contributed by atoms with van der Waals surface area (Å²) in [5, 5.41) is 7.40. The summed E-state index contributed by atoms with van der Waals surface area (Å²) in [5.41, 5.74) is 2.76. The lowest BCUT2D eigenvalue weighted by atomic mass is 9.96. The fraction of sp³-hybridized carbons (Fsp3) is 0.233. The van der Waals surface area contributed by atoms with Crippen LogP contribution in [-0.2, 0) is 21.1 Å². The number of carbonyl (C=O) groups excluding carboxylic acids is 1. The van der Waals surface area contributed by atoms with Crippen molar-refractivity contribution < 1.29 is 31.1 Å². The molecule has 0 spiro atoms. The molecular formula is C30H29ClF3N5O4S. The van der Waals surface area contributed by atoms with Crippen LogP contribution in [0, 0.1) is 0 Å². The van der Waals surface area contributed by atoms with E-state index in [1.807, 2.05) is 35.6 Å². The zero-order chi connectivity index (χ0) is 32.1. The topological polar surface area (TPSA) is 122 Å². The van der Waals surface area contributed by atoms with Crippen LogP contribution in [0.15, 0.2) is 77.8 Å². The molecule has 9 nitrogen and oxygen atoms in total. The highest BCUT2D eigenvalue weighted by Gasteiger charge is 2.38. The molecule has 14 heteroatoms. The Morgan fingerprint density at radius 1 is 1.00 bits per heavy atom. The zero-order valence-electron chi connectivity index (χ0n) is 23.9. The zero-order valence-corrected chi connectivity index (χ0v) is 25.4. The Morgan fingerprint density at radius 3 is 2.34 bits per heavy atom. The van der Waals surface area contributed by atoms with E-state index in [4.69, 9.17) is 16.3 Å². The number of ether oxygens (including phenoxy) is 1.